The van der Waals surface area contributed by atoms with Crippen LogP contribution in [0.2, 0.25) is 0 Å². The summed E-state index contributed by atoms with van der Waals surface area (Å²) in [5.41, 5.74) is 6.35. The molecule has 2 aliphatic rings. The summed E-state index contributed by atoms with van der Waals surface area (Å²) in [6, 6.07) is 0. The van der Waals surface area contributed by atoms with Crippen LogP contribution in [-0.4, -0.2) is 17.7 Å². The summed E-state index contributed by atoms with van der Waals surface area (Å²) < 4.78 is 0. The molecule has 116 valence electrons. The van der Waals surface area contributed by atoms with E-state index in [2.05, 4.69) is 13.8 Å². The maximum absolute atomic E-state index is 10.7. The van der Waals surface area contributed by atoms with E-state index in [1.54, 1.807) is 0 Å². The van der Waals surface area contributed by atoms with E-state index in [9.17, 15) is 10.1 Å². The Morgan fingerprint density at radius 1 is 1.35 bits per heavy atom. The van der Waals surface area contributed by atoms with Crippen molar-refractivity contribution >= 4 is 0 Å². The van der Waals surface area contributed by atoms with Crippen LogP contribution in [0.25, 0.3) is 0 Å². The summed E-state index contributed by atoms with van der Waals surface area (Å²) in [4.78, 5) is 15.7. The summed E-state index contributed by atoms with van der Waals surface area (Å²) in [5.74, 6) is 0. The highest BCUT2D eigenvalue weighted by Gasteiger charge is 2.56. The van der Waals surface area contributed by atoms with Crippen LogP contribution in [0.5, 0.6) is 0 Å². The van der Waals surface area contributed by atoms with Crippen molar-refractivity contribution in [1.82, 2.24) is 0 Å². The van der Waals surface area contributed by atoms with E-state index in [0.717, 1.165) is 38.5 Å². The molecular formula is C15H28N2O3. The zero-order valence-electron chi connectivity index (χ0n) is 13.0. The summed E-state index contributed by atoms with van der Waals surface area (Å²) in [6.07, 6.45) is 7.37. The average molecular weight is 284 g/mol. The molecule has 2 rings (SSSR count). The van der Waals surface area contributed by atoms with Gasteiger partial charge in [-0.25, -0.2) is 0 Å². The zero-order chi connectivity index (χ0) is 15.0. The molecule has 0 aliphatic heterocycles. The number of hydrogen-bond donors (Lipinski definition) is 1. The quantitative estimate of drug-likeness (QED) is 0.620. The van der Waals surface area contributed by atoms with Gasteiger partial charge < -0.3 is 10.6 Å². The molecule has 2 bridgehead atoms. The molecule has 2 fully saturated rings. The Hall–Kier alpha value is -0.840. The Morgan fingerprint density at radius 2 is 2.05 bits per heavy atom. The van der Waals surface area contributed by atoms with Gasteiger partial charge in [0.1, 0.15) is 6.10 Å². The lowest BCUT2D eigenvalue weighted by Crippen LogP contribution is -2.54. The maximum atomic E-state index is 10.7. The largest absolute Gasteiger partial charge is 0.330 e. The molecule has 0 heterocycles. The van der Waals surface area contributed by atoms with Gasteiger partial charge in [0.15, 0.2) is 0 Å². The Kier molecular flexibility index (Phi) is 4.02. The van der Waals surface area contributed by atoms with Crippen LogP contribution < -0.4 is 5.73 Å². The molecule has 0 saturated heterocycles. The number of fused-ring (bicyclic) bond motifs is 2. The van der Waals surface area contributed by atoms with Crippen molar-refractivity contribution in [3.05, 3.63) is 10.1 Å². The van der Waals surface area contributed by atoms with Crippen LogP contribution in [0.4, 0.5) is 0 Å². The van der Waals surface area contributed by atoms with Crippen molar-refractivity contribution < 1.29 is 9.92 Å². The van der Waals surface area contributed by atoms with Gasteiger partial charge in [0.2, 0.25) is 0 Å². The van der Waals surface area contributed by atoms with E-state index in [1.165, 1.54) is 6.42 Å². The summed E-state index contributed by atoms with van der Waals surface area (Å²) in [6.45, 7) is 7.02. The van der Waals surface area contributed by atoms with Gasteiger partial charge in [0.05, 0.1) is 0 Å². The van der Waals surface area contributed by atoms with Crippen LogP contribution in [0, 0.1) is 26.4 Å². The molecule has 20 heavy (non-hydrogen) atoms. The van der Waals surface area contributed by atoms with Gasteiger partial charge >= 0.3 is 0 Å². The second kappa shape index (κ2) is 5.17. The average Bonchev–Trinajstić information content (AvgIpc) is 2.37. The van der Waals surface area contributed by atoms with Crippen molar-refractivity contribution in [2.45, 2.75) is 71.8 Å². The van der Waals surface area contributed by atoms with Crippen LogP contribution in [0.3, 0.4) is 0 Å². The molecule has 0 amide bonds. The van der Waals surface area contributed by atoms with Crippen LogP contribution in [0.15, 0.2) is 0 Å². The van der Waals surface area contributed by atoms with Crippen molar-refractivity contribution in [1.29, 1.82) is 0 Å². The highest BCUT2D eigenvalue weighted by molar-refractivity contribution is 5.06. The molecule has 0 aromatic heterocycles. The van der Waals surface area contributed by atoms with E-state index in [4.69, 9.17) is 10.6 Å². The first kappa shape index (κ1) is 15.5. The number of nitrogens with zero attached hydrogens (tertiary/aromatic N) is 1. The molecule has 0 aromatic carbocycles. The monoisotopic (exact) mass is 284 g/mol. The second-order valence-corrected chi connectivity index (χ2v) is 7.59. The predicted octanol–water partition coefficient (Wildman–Crippen LogP) is 3.30. The molecule has 2 N–H and O–H groups in total. The lowest BCUT2D eigenvalue weighted by atomic mass is 9.46. The highest BCUT2D eigenvalue weighted by Crippen LogP contribution is 2.63. The minimum Gasteiger partial charge on any atom is -0.330 e. The van der Waals surface area contributed by atoms with Gasteiger partial charge in [-0.05, 0) is 61.8 Å². The molecule has 4 atom stereocenters. The predicted molar refractivity (Wildman–Crippen MR) is 77.6 cm³/mol. The Balaban J connectivity index is 2.32. The lowest BCUT2D eigenvalue weighted by molar-refractivity contribution is -0.772. The second-order valence-electron chi connectivity index (χ2n) is 7.59. The standard InChI is InChI=1S/C15H28N2O3/c1-4-14-6-5-7-15(10-14,12(2)20-17(18)19)9-13(3,8-14)11-16/h12H,4-11,16H2,1-3H3. The molecule has 5 heteroatoms. The first-order valence-corrected chi connectivity index (χ1v) is 7.80. The lowest BCUT2D eigenvalue weighted by Gasteiger charge is -2.60. The SMILES string of the molecule is CCC12CCCC(C(C)O[N+](=O)[O-])(CC(C)(CN)C1)C2. The molecule has 0 spiro atoms. The third kappa shape index (κ3) is 2.65. The van der Waals surface area contributed by atoms with Gasteiger partial charge in [-0.15, -0.1) is 10.1 Å². The summed E-state index contributed by atoms with van der Waals surface area (Å²) in [7, 11) is 0. The molecule has 0 radical (unpaired) electrons. The van der Waals surface area contributed by atoms with Crippen molar-refractivity contribution in [2.75, 3.05) is 6.54 Å². The molecule has 4 unspecified atom stereocenters. The third-order valence-electron chi connectivity index (χ3n) is 6.04. The maximum Gasteiger partial charge on any atom is 0.294 e. The van der Waals surface area contributed by atoms with Crippen molar-refractivity contribution in [3.8, 4) is 0 Å². The fourth-order valence-corrected chi connectivity index (χ4v) is 5.16. The minimum absolute atomic E-state index is 0.0757. The van der Waals surface area contributed by atoms with Crippen molar-refractivity contribution in [3.63, 3.8) is 0 Å². The van der Waals surface area contributed by atoms with Gasteiger partial charge in [-0.1, -0.05) is 26.7 Å². The van der Waals surface area contributed by atoms with Crippen LogP contribution in [0.1, 0.15) is 65.7 Å². The highest BCUT2D eigenvalue weighted by atomic mass is 17.0. The fraction of sp³-hybridized carbons (Fsp3) is 1.00. The fourth-order valence-electron chi connectivity index (χ4n) is 5.16. The van der Waals surface area contributed by atoms with E-state index in [0.29, 0.717) is 12.0 Å². The third-order valence-corrected chi connectivity index (χ3v) is 6.04. The van der Waals surface area contributed by atoms with Crippen molar-refractivity contribution in [2.24, 2.45) is 22.0 Å². The minimum atomic E-state index is -0.629. The van der Waals surface area contributed by atoms with E-state index in [1.807, 2.05) is 6.92 Å². The Labute approximate surface area is 121 Å². The molecular weight excluding hydrogens is 256 g/mol. The topological polar surface area (TPSA) is 78.4 Å². The Bertz CT molecular complexity index is 385. The molecule has 0 aromatic rings. The van der Waals surface area contributed by atoms with Gasteiger partial charge in [0, 0.05) is 0 Å². The Morgan fingerprint density at radius 3 is 2.60 bits per heavy atom. The van der Waals surface area contributed by atoms with Crippen LogP contribution >= 0.6 is 0 Å². The molecule has 2 saturated carbocycles. The summed E-state index contributed by atoms with van der Waals surface area (Å²) in [5, 5.41) is 10.1. The van der Waals surface area contributed by atoms with Gasteiger partial charge in [0.25, 0.3) is 5.09 Å². The van der Waals surface area contributed by atoms with Gasteiger partial charge in [-0.3, -0.25) is 0 Å². The summed E-state index contributed by atoms with van der Waals surface area (Å²) >= 11 is 0. The number of hydrogen-bond acceptors (Lipinski definition) is 4. The number of rotatable bonds is 5. The normalized spacial score (nSPS) is 42.0. The van der Waals surface area contributed by atoms with Crippen LogP contribution in [-0.2, 0) is 4.84 Å². The van der Waals surface area contributed by atoms with Gasteiger partial charge in [-0.2, -0.15) is 0 Å². The van der Waals surface area contributed by atoms with E-state index in [-0.39, 0.29) is 16.9 Å². The first-order valence-electron chi connectivity index (χ1n) is 7.80. The zero-order valence-corrected chi connectivity index (χ0v) is 13.0. The number of nitrogens with two attached hydrogens (primary N) is 1. The molecule has 5 nitrogen and oxygen atoms in total. The van der Waals surface area contributed by atoms with E-state index >= 15 is 0 Å². The van der Waals surface area contributed by atoms with E-state index < -0.39 is 5.09 Å². The first-order chi connectivity index (χ1) is 9.29. The molecule has 2 aliphatic carbocycles. The smallest absolute Gasteiger partial charge is 0.294 e.